The lowest BCUT2D eigenvalue weighted by Crippen LogP contribution is -2.34. The predicted molar refractivity (Wildman–Crippen MR) is 78.1 cm³/mol. The van der Waals surface area contributed by atoms with Crippen LogP contribution in [-0.4, -0.2) is 34.9 Å². The van der Waals surface area contributed by atoms with Gasteiger partial charge in [-0.15, -0.1) is 0 Å². The van der Waals surface area contributed by atoms with E-state index in [1.54, 1.807) is 4.90 Å². The van der Waals surface area contributed by atoms with Crippen molar-refractivity contribution in [2.45, 2.75) is 32.6 Å². The second kappa shape index (κ2) is 6.41. The van der Waals surface area contributed by atoms with Gasteiger partial charge < -0.3 is 15.8 Å². The van der Waals surface area contributed by atoms with Crippen LogP contribution in [0.5, 0.6) is 0 Å². The van der Waals surface area contributed by atoms with Crippen molar-refractivity contribution in [3.63, 3.8) is 0 Å². The molecule has 20 heavy (non-hydrogen) atoms. The molecule has 0 saturated carbocycles. The molecule has 0 radical (unpaired) electrons. The lowest BCUT2D eigenvalue weighted by molar-refractivity contribution is 0.0768. The maximum absolute atomic E-state index is 12.5. The third-order valence-electron chi connectivity index (χ3n) is 3.78. The van der Waals surface area contributed by atoms with Crippen molar-refractivity contribution in [1.29, 1.82) is 0 Å². The Morgan fingerprint density at radius 2 is 2.15 bits per heavy atom. The number of oxime groups is 1. The molecular formula is C15H21N3O2. The molecule has 1 aromatic carbocycles. The fraction of sp³-hybridized carbons (Fsp3) is 0.467. The Kier molecular flexibility index (Phi) is 4.61. The van der Waals surface area contributed by atoms with Gasteiger partial charge in [0.2, 0.25) is 0 Å². The van der Waals surface area contributed by atoms with Crippen molar-refractivity contribution in [3.05, 3.63) is 34.9 Å². The zero-order valence-corrected chi connectivity index (χ0v) is 11.8. The SMILES string of the molecule is CCN(CCC(N)=NO)C(=O)c1ccc2c(c1)CCC2. The Morgan fingerprint density at radius 1 is 1.40 bits per heavy atom. The first kappa shape index (κ1) is 14.4. The van der Waals surface area contributed by atoms with E-state index in [4.69, 9.17) is 10.9 Å². The van der Waals surface area contributed by atoms with Gasteiger partial charge in [-0.05, 0) is 49.4 Å². The fourth-order valence-corrected chi connectivity index (χ4v) is 2.59. The first-order chi connectivity index (χ1) is 9.65. The zero-order chi connectivity index (χ0) is 14.5. The van der Waals surface area contributed by atoms with Gasteiger partial charge in [-0.2, -0.15) is 0 Å². The molecule has 1 aliphatic carbocycles. The van der Waals surface area contributed by atoms with E-state index in [0.29, 0.717) is 19.5 Å². The van der Waals surface area contributed by atoms with Crippen molar-refractivity contribution < 1.29 is 10.0 Å². The molecule has 0 bridgehead atoms. The van der Waals surface area contributed by atoms with Crippen molar-refractivity contribution in [3.8, 4) is 0 Å². The molecule has 1 amide bonds. The number of hydrogen-bond acceptors (Lipinski definition) is 3. The van der Waals surface area contributed by atoms with Crippen LogP contribution in [-0.2, 0) is 12.8 Å². The molecule has 0 aromatic heterocycles. The fourth-order valence-electron chi connectivity index (χ4n) is 2.59. The van der Waals surface area contributed by atoms with E-state index in [0.717, 1.165) is 18.4 Å². The van der Waals surface area contributed by atoms with Gasteiger partial charge in [-0.25, -0.2) is 0 Å². The highest BCUT2D eigenvalue weighted by Crippen LogP contribution is 2.23. The summed E-state index contributed by atoms with van der Waals surface area (Å²) < 4.78 is 0. The van der Waals surface area contributed by atoms with Gasteiger partial charge in [-0.3, -0.25) is 4.79 Å². The van der Waals surface area contributed by atoms with Crippen LogP contribution in [0.2, 0.25) is 0 Å². The summed E-state index contributed by atoms with van der Waals surface area (Å²) in [6.45, 7) is 2.99. The molecule has 0 spiro atoms. The average Bonchev–Trinajstić information content (AvgIpc) is 2.94. The summed E-state index contributed by atoms with van der Waals surface area (Å²) in [7, 11) is 0. The quantitative estimate of drug-likeness (QED) is 0.372. The molecule has 0 unspecified atom stereocenters. The topological polar surface area (TPSA) is 78.9 Å². The van der Waals surface area contributed by atoms with Crippen LogP contribution in [0.25, 0.3) is 0 Å². The Morgan fingerprint density at radius 3 is 2.85 bits per heavy atom. The van der Waals surface area contributed by atoms with E-state index in [-0.39, 0.29) is 11.7 Å². The van der Waals surface area contributed by atoms with Crippen molar-refractivity contribution in [1.82, 2.24) is 4.90 Å². The summed E-state index contributed by atoms with van der Waals surface area (Å²) in [5.74, 6) is 0.151. The minimum absolute atomic E-state index is 0.00735. The minimum atomic E-state index is 0.00735. The lowest BCUT2D eigenvalue weighted by atomic mass is 10.1. The van der Waals surface area contributed by atoms with E-state index >= 15 is 0 Å². The lowest BCUT2D eigenvalue weighted by Gasteiger charge is -2.21. The number of amides is 1. The molecule has 108 valence electrons. The van der Waals surface area contributed by atoms with Gasteiger partial charge in [0.05, 0.1) is 0 Å². The van der Waals surface area contributed by atoms with Gasteiger partial charge in [-0.1, -0.05) is 11.2 Å². The highest BCUT2D eigenvalue weighted by Gasteiger charge is 2.17. The maximum Gasteiger partial charge on any atom is 0.253 e. The normalized spacial score (nSPS) is 14.2. The van der Waals surface area contributed by atoms with Crippen molar-refractivity contribution in [2.75, 3.05) is 13.1 Å². The third kappa shape index (κ3) is 3.10. The summed E-state index contributed by atoms with van der Waals surface area (Å²) in [6.07, 6.45) is 3.73. The number of carbonyl (C=O) groups is 1. The second-order valence-electron chi connectivity index (χ2n) is 5.06. The van der Waals surface area contributed by atoms with Crippen LogP contribution in [0.1, 0.15) is 41.3 Å². The van der Waals surface area contributed by atoms with Gasteiger partial charge >= 0.3 is 0 Å². The molecule has 0 fully saturated rings. The molecule has 5 heteroatoms. The number of fused-ring (bicyclic) bond motifs is 1. The third-order valence-corrected chi connectivity index (χ3v) is 3.78. The summed E-state index contributed by atoms with van der Waals surface area (Å²) >= 11 is 0. The maximum atomic E-state index is 12.5. The van der Waals surface area contributed by atoms with Crippen LogP contribution in [0, 0.1) is 0 Å². The molecule has 0 aliphatic heterocycles. The molecule has 1 aromatic rings. The van der Waals surface area contributed by atoms with Gasteiger partial charge in [0.15, 0.2) is 0 Å². The largest absolute Gasteiger partial charge is 0.409 e. The zero-order valence-electron chi connectivity index (χ0n) is 11.8. The van der Waals surface area contributed by atoms with Crippen molar-refractivity contribution in [2.24, 2.45) is 10.9 Å². The first-order valence-corrected chi connectivity index (χ1v) is 7.03. The summed E-state index contributed by atoms with van der Waals surface area (Å²) in [6, 6.07) is 5.97. The monoisotopic (exact) mass is 275 g/mol. The molecule has 1 aliphatic rings. The molecular weight excluding hydrogens is 254 g/mol. The van der Waals surface area contributed by atoms with Crippen LogP contribution in [0.15, 0.2) is 23.4 Å². The van der Waals surface area contributed by atoms with E-state index in [9.17, 15) is 4.79 Å². The summed E-state index contributed by atoms with van der Waals surface area (Å²) in [5.41, 5.74) is 8.84. The number of nitrogens with zero attached hydrogens (tertiary/aromatic N) is 2. The van der Waals surface area contributed by atoms with Crippen LogP contribution in [0.4, 0.5) is 0 Å². The van der Waals surface area contributed by atoms with Gasteiger partial charge in [0.1, 0.15) is 5.84 Å². The number of rotatable bonds is 5. The molecule has 5 nitrogen and oxygen atoms in total. The van der Waals surface area contributed by atoms with E-state index in [2.05, 4.69) is 11.2 Å². The average molecular weight is 275 g/mol. The summed E-state index contributed by atoms with van der Waals surface area (Å²) in [4.78, 5) is 14.2. The van der Waals surface area contributed by atoms with Gasteiger partial charge in [0.25, 0.3) is 5.91 Å². The van der Waals surface area contributed by atoms with Crippen molar-refractivity contribution >= 4 is 11.7 Å². The highest BCUT2D eigenvalue weighted by atomic mass is 16.4. The second-order valence-corrected chi connectivity index (χ2v) is 5.06. The van der Waals surface area contributed by atoms with E-state index in [1.165, 1.54) is 17.5 Å². The first-order valence-electron chi connectivity index (χ1n) is 7.03. The number of carbonyl (C=O) groups excluding carboxylic acids is 1. The standard InChI is InChI=1S/C15H21N3O2/c1-2-18(9-8-14(16)17-20)15(19)13-7-6-11-4-3-5-12(11)10-13/h6-7,10,20H,2-5,8-9H2,1H3,(H2,16,17). The number of nitrogens with two attached hydrogens (primary N) is 1. The smallest absolute Gasteiger partial charge is 0.253 e. The predicted octanol–water partition coefficient (Wildman–Crippen LogP) is 1.77. The minimum Gasteiger partial charge on any atom is -0.409 e. The van der Waals surface area contributed by atoms with Gasteiger partial charge in [0, 0.05) is 25.1 Å². The Balaban J connectivity index is 2.08. The number of amidine groups is 1. The molecule has 0 heterocycles. The Bertz CT molecular complexity index is 526. The Hall–Kier alpha value is -2.04. The molecule has 0 saturated heterocycles. The van der Waals surface area contributed by atoms with E-state index < -0.39 is 0 Å². The highest BCUT2D eigenvalue weighted by molar-refractivity contribution is 5.95. The number of aryl methyl sites for hydroxylation is 2. The number of hydrogen-bond donors (Lipinski definition) is 2. The van der Waals surface area contributed by atoms with Crippen LogP contribution in [0.3, 0.4) is 0 Å². The van der Waals surface area contributed by atoms with Crippen LogP contribution >= 0.6 is 0 Å². The number of benzene rings is 1. The molecule has 0 atom stereocenters. The Labute approximate surface area is 119 Å². The summed E-state index contributed by atoms with van der Waals surface area (Å²) in [5, 5.41) is 11.5. The van der Waals surface area contributed by atoms with E-state index in [1.807, 2.05) is 19.1 Å². The molecule has 2 rings (SSSR count). The van der Waals surface area contributed by atoms with Crippen LogP contribution < -0.4 is 5.73 Å². The molecule has 3 N–H and O–H groups in total.